The third-order valence-electron chi connectivity index (χ3n) is 2.48. The number of benzene rings is 1. The highest BCUT2D eigenvalue weighted by atomic mass is 16.5. The number of hydrogen-bond acceptors (Lipinski definition) is 4. The molecule has 1 aliphatic rings. The minimum Gasteiger partial charge on any atom is -0.470 e. The van der Waals surface area contributed by atoms with Crippen LogP contribution in [0.1, 0.15) is 18.6 Å². The lowest BCUT2D eigenvalue weighted by Gasteiger charge is -2.15. The van der Waals surface area contributed by atoms with Crippen LogP contribution < -0.4 is 0 Å². The molecule has 0 saturated heterocycles. The molecule has 0 saturated carbocycles. The molecular formula is C12H13NO3. The third kappa shape index (κ3) is 1.91. The summed E-state index contributed by atoms with van der Waals surface area (Å²) in [6.45, 7) is 1.74. The van der Waals surface area contributed by atoms with Crippen LogP contribution in [0.15, 0.2) is 35.3 Å². The zero-order valence-corrected chi connectivity index (χ0v) is 9.21. The fraction of sp³-hybridized carbons (Fsp3) is 0.333. The molecular weight excluding hydrogens is 206 g/mol. The highest BCUT2D eigenvalue weighted by Crippen LogP contribution is 2.29. The Morgan fingerprint density at radius 3 is 2.69 bits per heavy atom. The maximum absolute atomic E-state index is 11.5. The van der Waals surface area contributed by atoms with Gasteiger partial charge in [0.1, 0.15) is 0 Å². The molecule has 0 bridgehead atoms. The van der Waals surface area contributed by atoms with Gasteiger partial charge in [0.25, 0.3) is 0 Å². The molecule has 0 aromatic heterocycles. The lowest BCUT2D eigenvalue weighted by atomic mass is 10.0. The van der Waals surface area contributed by atoms with Gasteiger partial charge in [-0.15, -0.1) is 0 Å². The number of esters is 1. The lowest BCUT2D eigenvalue weighted by Crippen LogP contribution is -2.25. The van der Waals surface area contributed by atoms with Gasteiger partial charge in [0.2, 0.25) is 0 Å². The van der Waals surface area contributed by atoms with Crippen LogP contribution in [0.4, 0.5) is 0 Å². The van der Waals surface area contributed by atoms with Crippen molar-refractivity contribution in [3.63, 3.8) is 0 Å². The van der Waals surface area contributed by atoms with Gasteiger partial charge in [-0.3, -0.25) is 0 Å². The van der Waals surface area contributed by atoms with Crippen molar-refractivity contribution in [3.8, 4) is 0 Å². The Labute approximate surface area is 93.9 Å². The fourth-order valence-corrected chi connectivity index (χ4v) is 1.73. The number of carbonyl (C=O) groups excluding carboxylic acids is 1. The van der Waals surface area contributed by atoms with Crippen molar-refractivity contribution in [2.24, 2.45) is 4.99 Å². The first-order valence-electron chi connectivity index (χ1n) is 5.06. The molecule has 4 heteroatoms. The van der Waals surface area contributed by atoms with Crippen molar-refractivity contribution in [2.75, 3.05) is 7.11 Å². The average molecular weight is 219 g/mol. The largest absolute Gasteiger partial charge is 0.470 e. The lowest BCUT2D eigenvalue weighted by molar-refractivity contribution is -0.143. The molecule has 1 aromatic rings. The van der Waals surface area contributed by atoms with Gasteiger partial charge in [-0.2, -0.15) is 0 Å². The maximum atomic E-state index is 11.5. The van der Waals surface area contributed by atoms with Crippen LogP contribution in [-0.4, -0.2) is 25.0 Å². The van der Waals surface area contributed by atoms with E-state index >= 15 is 0 Å². The standard InChI is InChI=1S/C12H13NO3/c1-8-13-10(12(14)15-2)11(16-8)9-6-4-3-5-7-9/h3-7,10-11H,1-2H3/t10-,11+/m1/s1. The number of methoxy groups -OCH3 is 1. The van der Waals surface area contributed by atoms with E-state index < -0.39 is 6.04 Å². The molecule has 0 N–H and O–H groups in total. The second kappa shape index (κ2) is 4.35. The SMILES string of the molecule is COC(=O)[C@@H]1N=C(C)O[C@H]1c1ccccc1. The predicted octanol–water partition coefficient (Wildman–Crippen LogP) is 1.72. The summed E-state index contributed by atoms with van der Waals surface area (Å²) in [6, 6.07) is 8.96. The van der Waals surface area contributed by atoms with E-state index in [4.69, 9.17) is 9.47 Å². The third-order valence-corrected chi connectivity index (χ3v) is 2.48. The zero-order chi connectivity index (χ0) is 11.5. The van der Waals surface area contributed by atoms with Gasteiger partial charge in [-0.1, -0.05) is 30.3 Å². The summed E-state index contributed by atoms with van der Waals surface area (Å²) in [5, 5.41) is 0. The van der Waals surface area contributed by atoms with E-state index in [0.717, 1.165) is 5.56 Å². The molecule has 0 fully saturated rings. The second-order valence-corrected chi connectivity index (χ2v) is 3.57. The highest BCUT2D eigenvalue weighted by Gasteiger charge is 2.36. The Morgan fingerprint density at radius 2 is 2.06 bits per heavy atom. The van der Waals surface area contributed by atoms with Gasteiger partial charge in [0.15, 0.2) is 18.0 Å². The van der Waals surface area contributed by atoms with Crippen LogP contribution in [0.5, 0.6) is 0 Å². The number of carbonyl (C=O) groups is 1. The average Bonchev–Trinajstić information content (AvgIpc) is 2.71. The number of ether oxygens (including phenoxy) is 2. The summed E-state index contributed by atoms with van der Waals surface area (Å²) >= 11 is 0. The molecule has 2 atom stereocenters. The quantitative estimate of drug-likeness (QED) is 0.711. The molecule has 0 spiro atoms. The van der Waals surface area contributed by atoms with Gasteiger partial charge in [0.05, 0.1) is 7.11 Å². The minimum absolute atomic E-state index is 0.367. The molecule has 0 amide bonds. The summed E-state index contributed by atoms with van der Waals surface area (Å²) in [5.74, 6) is 0.148. The van der Waals surface area contributed by atoms with E-state index in [2.05, 4.69) is 4.99 Å². The van der Waals surface area contributed by atoms with Crippen LogP contribution in [0.2, 0.25) is 0 Å². The van der Waals surface area contributed by atoms with E-state index in [1.165, 1.54) is 7.11 Å². The Balaban J connectivity index is 2.26. The van der Waals surface area contributed by atoms with Crippen molar-refractivity contribution < 1.29 is 14.3 Å². The first-order valence-corrected chi connectivity index (χ1v) is 5.06. The topological polar surface area (TPSA) is 47.9 Å². The van der Waals surface area contributed by atoms with Crippen molar-refractivity contribution in [2.45, 2.75) is 19.1 Å². The normalized spacial score (nSPS) is 23.5. The number of nitrogens with zero attached hydrogens (tertiary/aromatic N) is 1. The molecule has 84 valence electrons. The Kier molecular flexibility index (Phi) is 2.90. The van der Waals surface area contributed by atoms with Crippen LogP contribution in [0.3, 0.4) is 0 Å². The molecule has 2 rings (SSSR count). The first kappa shape index (κ1) is 10.7. The minimum atomic E-state index is -0.590. The van der Waals surface area contributed by atoms with Gasteiger partial charge in [-0.05, 0) is 5.56 Å². The van der Waals surface area contributed by atoms with Gasteiger partial charge < -0.3 is 9.47 Å². The van der Waals surface area contributed by atoms with Crippen molar-refractivity contribution in [3.05, 3.63) is 35.9 Å². The van der Waals surface area contributed by atoms with Gasteiger partial charge in [-0.25, -0.2) is 9.79 Å². The summed E-state index contributed by atoms with van der Waals surface area (Å²) < 4.78 is 10.2. The number of aliphatic imine (C=N–C) groups is 1. The van der Waals surface area contributed by atoms with Crippen LogP contribution in [0, 0.1) is 0 Å². The summed E-state index contributed by atoms with van der Waals surface area (Å²) in [5.41, 5.74) is 0.929. The Hall–Kier alpha value is -1.84. The van der Waals surface area contributed by atoms with Crippen molar-refractivity contribution in [1.29, 1.82) is 0 Å². The maximum Gasteiger partial charge on any atom is 0.335 e. The second-order valence-electron chi connectivity index (χ2n) is 3.57. The molecule has 0 aliphatic carbocycles. The molecule has 16 heavy (non-hydrogen) atoms. The van der Waals surface area contributed by atoms with E-state index in [-0.39, 0.29) is 12.1 Å². The van der Waals surface area contributed by atoms with Gasteiger partial charge >= 0.3 is 5.97 Å². The first-order chi connectivity index (χ1) is 7.72. The van der Waals surface area contributed by atoms with Crippen LogP contribution in [0.25, 0.3) is 0 Å². The Morgan fingerprint density at radius 1 is 1.38 bits per heavy atom. The van der Waals surface area contributed by atoms with Crippen molar-refractivity contribution in [1.82, 2.24) is 0 Å². The Bertz CT molecular complexity index is 414. The van der Waals surface area contributed by atoms with E-state index in [1.54, 1.807) is 6.92 Å². The van der Waals surface area contributed by atoms with Crippen LogP contribution >= 0.6 is 0 Å². The molecule has 1 aliphatic heterocycles. The number of rotatable bonds is 2. The summed E-state index contributed by atoms with van der Waals surface area (Å²) in [7, 11) is 1.35. The zero-order valence-electron chi connectivity index (χ0n) is 9.21. The van der Waals surface area contributed by atoms with Crippen molar-refractivity contribution >= 4 is 11.9 Å². The summed E-state index contributed by atoms with van der Waals surface area (Å²) in [6.07, 6.45) is -0.367. The molecule has 0 radical (unpaired) electrons. The summed E-state index contributed by atoms with van der Waals surface area (Å²) in [4.78, 5) is 15.7. The molecule has 4 nitrogen and oxygen atoms in total. The smallest absolute Gasteiger partial charge is 0.335 e. The fourth-order valence-electron chi connectivity index (χ4n) is 1.73. The highest BCUT2D eigenvalue weighted by molar-refractivity contribution is 5.85. The van der Waals surface area contributed by atoms with E-state index in [0.29, 0.717) is 5.90 Å². The monoisotopic (exact) mass is 219 g/mol. The molecule has 1 aromatic carbocycles. The number of hydrogen-bond donors (Lipinski definition) is 0. The van der Waals surface area contributed by atoms with E-state index in [1.807, 2.05) is 30.3 Å². The molecule has 1 heterocycles. The molecule has 0 unspecified atom stereocenters. The van der Waals surface area contributed by atoms with Crippen LogP contribution in [-0.2, 0) is 14.3 Å². The van der Waals surface area contributed by atoms with E-state index in [9.17, 15) is 4.79 Å². The predicted molar refractivity (Wildman–Crippen MR) is 59.2 cm³/mol. The van der Waals surface area contributed by atoms with Gasteiger partial charge in [0, 0.05) is 6.92 Å².